The van der Waals surface area contributed by atoms with Gasteiger partial charge in [0.1, 0.15) is 0 Å². The van der Waals surface area contributed by atoms with Gasteiger partial charge in [0, 0.05) is 9.38 Å². The molecule has 154 valence electrons. The van der Waals surface area contributed by atoms with E-state index in [0.29, 0.717) is 16.4 Å². The Bertz CT molecular complexity index is 1050. The first-order chi connectivity index (χ1) is 14.5. The fourth-order valence-corrected chi connectivity index (χ4v) is 4.97. The van der Waals surface area contributed by atoms with E-state index < -0.39 is 18.2 Å². The maximum Gasteiger partial charge on any atom is 0.338 e. The van der Waals surface area contributed by atoms with E-state index in [9.17, 15) is 9.90 Å². The molecule has 0 saturated carbocycles. The first-order valence-corrected chi connectivity index (χ1v) is 11.2. The Morgan fingerprint density at radius 2 is 1.93 bits per heavy atom. The van der Waals surface area contributed by atoms with E-state index in [4.69, 9.17) is 4.74 Å². The lowest BCUT2D eigenvalue weighted by molar-refractivity contribution is -0.139. The number of aliphatic hydroxyl groups excluding tert-OH is 1. The molecule has 5 nitrogen and oxygen atoms in total. The Kier molecular flexibility index (Phi) is 6.13. The van der Waals surface area contributed by atoms with Crippen molar-refractivity contribution in [3.8, 4) is 0 Å². The molecular weight excluding hydrogens is 464 g/mol. The number of thioether (sulfide) groups is 1. The van der Waals surface area contributed by atoms with Gasteiger partial charge in [-0.3, -0.25) is 0 Å². The summed E-state index contributed by atoms with van der Waals surface area (Å²) in [6.07, 6.45) is 1.04. The number of carbonyl (C=O) groups excluding carboxylic acids is 1. The molecule has 1 N–H and O–H groups in total. The lowest BCUT2D eigenvalue weighted by atomic mass is 9.94. The number of benzene rings is 2. The molecule has 0 aliphatic carbocycles. The molecule has 2 aliphatic rings. The van der Waals surface area contributed by atoms with Gasteiger partial charge in [0.2, 0.25) is 0 Å². The van der Waals surface area contributed by atoms with Gasteiger partial charge < -0.3 is 14.7 Å². The average Bonchev–Trinajstić information content (AvgIpc) is 3.03. The third-order valence-electron chi connectivity index (χ3n) is 4.94. The van der Waals surface area contributed by atoms with Crippen molar-refractivity contribution in [3.05, 3.63) is 86.4 Å². The third kappa shape index (κ3) is 3.97. The summed E-state index contributed by atoms with van der Waals surface area (Å²) in [6, 6.07) is 17.1. The zero-order chi connectivity index (χ0) is 21.3. The van der Waals surface area contributed by atoms with Crippen molar-refractivity contribution in [2.45, 2.75) is 26.1 Å². The number of carbonyl (C=O) groups is 1. The molecule has 0 aromatic heterocycles. The second kappa shape index (κ2) is 8.79. The second-order valence-corrected chi connectivity index (χ2v) is 8.86. The van der Waals surface area contributed by atoms with Crippen LogP contribution in [0.25, 0.3) is 6.08 Å². The summed E-state index contributed by atoms with van der Waals surface area (Å²) in [5, 5.41) is 11.9. The highest BCUT2D eigenvalue weighted by molar-refractivity contribution is 9.10. The summed E-state index contributed by atoms with van der Waals surface area (Å²) in [5.41, 5.74) is 2.93. The van der Waals surface area contributed by atoms with Crippen LogP contribution in [0, 0.1) is 0 Å². The highest BCUT2D eigenvalue weighted by Gasteiger charge is 2.45. The van der Waals surface area contributed by atoms with E-state index in [1.165, 1.54) is 11.8 Å². The number of hydrogen-bond acceptors (Lipinski definition) is 6. The van der Waals surface area contributed by atoms with E-state index in [0.717, 1.165) is 20.5 Å². The van der Waals surface area contributed by atoms with Crippen LogP contribution < -0.4 is 0 Å². The number of rotatable bonds is 4. The van der Waals surface area contributed by atoms with Crippen LogP contribution in [0.4, 0.5) is 0 Å². The zero-order valence-corrected chi connectivity index (χ0v) is 19.0. The topological polar surface area (TPSA) is 62.1 Å². The molecule has 2 atom stereocenters. The number of halogens is 1. The summed E-state index contributed by atoms with van der Waals surface area (Å²) >= 11 is 4.88. The molecule has 0 spiro atoms. The van der Waals surface area contributed by atoms with Gasteiger partial charge in [0.05, 0.1) is 23.9 Å². The standard InChI is InChI=1S/C23H21BrN2O3S/c1-3-29-22(28)19-14(2)25-23-26(20(19)16-9-11-17(24)12-10-16)21(27)18(30-23)13-15-7-5-4-6-8-15/h4-13,20-21,27H,3H2,1-2H3/b18-13+. The molecule has 2 aromatic rings. The summed E-state index contributed by atoms with van der Waals surface area (Å²) in [5.74, 6) is -0.414. The number of hydrogen-bond donors (Lipinski definition) is 1. The quantitative estimate of drug-likeness (QED) is 0.611. The van der Waals surface area contributed by atoms with Gasteiger partial charge in [-0.15, -0.1) is 0 Å². The Morgan fingerprint density at radius 1 is 1.23 bits per heavy atom. The number of allylic oxidation sites excluding steroid dienone is 1. The Balaban J connectivity index is 1.79. The van der Waals surface area contributed by atoms with Crippen LogP contribution in [0.5, 0.6) is 0 Å². The molecule has 30 heavy (non-hydrogen) atoms. The highest BCUT2D eigenvalue weighted by atomic mass is 79.9. The van der Waals surface area contributed by atoms with Crippen LogP contribution in [0.15, 0.2) is 80.2 Å². The minimum absolute atomic E-state index is 0.274. The number of esters is 1. The molecule has 1 saturated heterocycles. The SMILES string of the molecule is CCOC(=O)C1=C(C)N=C2S/C(=C/c3ccccc3)C(O)N2C1c1ccc(Br)cc1. The Hall–Kier alpha value is -2.35. The third-order valence-corrected chi connectivity index (χ3v) is 6.52. The van der Waals surface area contributed by atoms with Crippen LogP contribution >= 0.6 is 27.7 Å². The Labute approximate surface area is 188 Å². The Morgan fingerprint density at radius 3 is 2.60 bits per heavy atom. The predicted octanol–water partition coefficient (Wildman–Crippen LogP) is 5.11. The number of aliphatic imine (C=N–C) groups is 1. The first kappa shape index (κ1) is 20.9. The van der Waals surface area contributed by atoms with Crippen LogP contribution in [0.2, 0.25) is 0 Å². The van der Waals surface area contributed by atoms with Gasteiger partial charge in [-0.1, -0.05) is 70.2 Å². The van der Waals surface area contributed by atoms with E-state index >= 15 is 0 Å². The monoisotopic (exact) mass is 484 g/mol. The lowest BCUT2D eigenvalue weighted by Gasteiger charge is -2.36. The predicted molar refractivity (Wildman–Crippen MR) is 124 cm³/mol. The fourth-order valence-electron chi connectivity index (χ4n) is 3.58. The molecule has 2 aliphatic heterocycles. The number of amidine groups is 1. The van der Waals surface area contributed by atoms with Crippen LogP contribution in [0.1, 0.15) is 31.0 Å². The van der Waals surface area contributed by atoms with Crippen molar-refractivity contribution in [2.24, 2.45) is 4.99 Å². The molecule has 2 unspecified atom stereocenters. The molecule has 4 rings (SSSR count). The van der Waals surface area contributed by atoms with Gasteiger partial charge in [-0.25, -0.2) is 9.79 Å². The zero-order valence-electron chi connectivity index (χ0n) is 16.6. The largest absolute Gasteiger partial charge is 0.463 e. The van der Waals surface area contributed by atoms with Crippen molar-refractivity contribution in [1.82, 2.24) is 4.90 Å². The van der Waals surface area contributed by atoms with E-state index in [-0.39, 0.29) is 6.61 Å². The van der Waals surface area contributed by atoms with Gasteiger partial charge in [-0.2, -0.15) is 0 Å². The number of nitrogens with zero attached hydrogens (tertiary/aromatic N) is 2. The smallest absolute Gasteiger partial charge is 0.338 e. The van der Waals surface area contributed by atoms with Crippen molar-refractivity contribution < 1.29 is 14.6 Å². The van der Waals surface area contributed by atoms with Crippen LogP contribution in [0.3, 0.4) is 0 Å². The van der Waals surface area contributed by atoms with Crippen molar-refractivity contribution in [1.29, 1.82) is 0 Å². The normalized spacial score (nSPS) is 22.2. The van der Waals surface area contributed by atoms with Gasteiger partial charge in [-0.05, 0) is 43.2 Å². The number of ether oxygens (including phenoxy) is 1. The molecule has 0 amide bonds. The molecule has 7 heteroatoms. The summed E-state index contributed by atoms with van der Waals surface area (Å²) in [4.78, 5) is 20.0. The van der Waals surface area contributed by atoms with Crippen molar-refractivity contribution in [3.63, 3.8) is 0 Å². The van der Waals surface area contributed by atoms with Gasteiger partial charge in [0.15, 0.2) is 11.4 Å². The fraction of sp³-hybridized carbons (Fsp3) is 0.217. The molecular formula is C23H21BrN2O3S. The maximum absolute atomic E-state index is 12.8. The van der Waals surface area contributed by atoms with Crippen molar-refractivity contribution >= 4 is 44.9 Å². The van der Waals surface area contributed by atoms with Gasteiger partial charge >= 0.3 is 5.97 Å². The second-order valence-electron chi connectivity index (χ2n) is 6.91. The van der Waals surface area contributed by atoms with Crippen LogP contribution in [-0.2, 0) is 9.53 Å². The van der Waals surface area contributed by atoms with E-state index in [2.05, 4.69) is 20.9 Å². The number of fused-ring (bicyclic) bond motifs is 1. The molecule has 2 aromatic carbocycles. The van der Waals surface area contributed by atoms with Crippen LogP contribution in [-0.4, -0.2) is 34.0 Å². The van der Waals surface area contributed by atoms with E-state index in [1.54, 1.807) is 11.8 Å². The minimum atomic E-state index is -0.917. The molecule has 0 bridgehead atoms. The molecule has 0 radical (unpaired) electrons. The van der Waals surface area contributed by atoms with Gasteiger partial charge in [0.25, 0.3) is 0 Å². The highest BCUT2D eigenvalue weighted by Crippen LogP contribution is 2.47. The number of aliphatic hydroxyl groups is 1. The first-order valence-electron chi connectivity index (χ1n) is 9.62. The maximum atomic E-state index is 12.8. The lowest BCUT2D eigenvalue weighted by Crippen LogP contribution is -2.41. The van der Waals surface area contributed by atoms with Crippen molar-refractivity contribution in [2.75, 3.05) is 6.61 Å². The molecule has 1 fully saturated rings. The summed E-state index contributed by atoms with van der Waals surface area (Å²) < 4.78 is 6.27. The summed E-state index contributed by atoms with van der Waals surface area (Å²) in [6.45, 7) is 3.87. The minimum Gasteiger partial charge on any atom is -0.463 e. The van der Waals surface area contributed by atoms with E-state index in [1.807, 2.05) is 67.6 Å². The average molecular weight is 485 g/mol. The summed E-state index contributed by atoms with van der Waals surface area (Å²) in [7, 11) is 0. The molecule has 2 heterocycles.